The quantitative estimate of drug-likeness (QED) is 0.597. The van der Waals surface area contributed by atoms with Gasteiger partial charge in [-0.15, -0.1) is 11.8 Å². The molecule has 1 rings (SSSR count). The first-order chi connectivity index (χ1) is 7.63. The largest absolute Gasteiger partial charge is 0.421 e. The van der Waals surface area contributed by atoms with E-state index in [1.54, 1.807) is 11.8 Å². The predicted octanol–water partition coefficient (Wildman–Crippen LogP) is 1.40. The summed E-state index contributed by atoms with van der Waals surface area (Å²) in [5, 5.41) is 4.88. The smallest absolute Gasteiger partial charge is 0.334 e. The van der Waals surface area contributed by atoms with Crippen molar-refractivity contribution in [3.8, 4) is 0 Å². The lowest BCUT2D eigenvalue weighted by molar-refractivity contribution is -0.139. The minimum Gasteiger partial charge on any atom is -0.421 e. The zero-order valence-corrected chi connectivity index (χ0v) is 10.5. The number of carbonyl (C=O) groups excluding carboxylic acids is 2. The van der Waals surface area contributed by atoms with Crippen LogP contribution in [0.15, 0.2) is 11.5 Å². The number of esters is 1. The van der Waals surface area contributed by atoms with E-state index in [-0.39, 0.29) is 5.91 Å². The highest BCUT2D eigenvalue weighted by Crippen LogP contribution is 2.27. The van der Waals surface area contributed by atoms with E-state index < -0.39 is 12.0 Å². The summed E-state index contributed by atoms with van der Waals surface area (Å²) >= 11 is 6.10. The van der Waals surface area contributed by atoms with Crippen molar-refractivity contribution in [1.82, 2.24) is 5.32 Å². The SMILES string of the molecule is CC(=O)N[C@@H](CC1CC=CS1)C(=O)OC=S. The van der Waals surface area contributed by atoms with E-state index in [0.29, 0.717) is 11.7 Å². The summed E-state index contributed by atoms with van der Waals surface area (Å²) in [6, 6.07) is -0.617. The second-order valence-corrected chi connectivity index (χ2v) is 4.79. The minimum atomic E-state index is -0.617. The second kappa shape index (κ2) is 6.65. The lowest BCUT2D eigenvalue weighted by Gasteiger charge is -2.18. The van der Waals surface area contributed by atoms with Gasteiger partial charge in [0.25, 0.3) is 0 Å². The molecular weight excluding hydrogens is 246 g/mol. The molecule has 1 unspecified atom stereocenters. The molecular formula is C10H13NO3S2. The number of rotatable bonds is 5. The van der Waals surface area contributed by atoms with Crippen molar-refractivity contribution in [3.05, 3.63) is 11.5 Å². The monoisotopic (exact) mass is 259 g/mol. The molecule has 0 bridgehead atoms. The molecule has 1 amide bonds. The fourth-order valence-corrected chi connectivity index (χ4v) is 2.50. The highest BCUT2D eigenvalue weighted by Gasteiger charge is 2.25. The number of ether oxygens (including phenoxy) is 1. The van der Waals surface area contributed by atoms with E-state index in [9.17, 15) is 9.59 Å². The van der Waals surface area contributed by atoms with E-state index in [0.717, 1.165) is 12.0 Å². The topological polar surface area (TPSA) is 55.4 Å². The van der Waals surface area contributed by atoms with Crippen LogP contribution in [-0.2, 0) is 14.3 Å². The maximum atomic E-state index is 11.5. The summed E-state index contributed by atoms with van der Waals surface area (Å²) < 4.78 is 4.62. The van der Waals surface area contributed by atoms with Gasteiger partial charge in [-0.05, 0) is 30.5 Å². The van der Waals surface area contributed by atoms with Crippen molar-refractivity contribution in [3.63, 3.8) is 0 Å². The van der Waals surface area contributed by atoms with Crippen LogP contribution in [-0.4, -0.2) is 28.7 Å². The molecule has 0 saturated carbocycles. The van der Waals surface area contributed by atoms with Crippen molar-refractivity contribution >= 4 is 41.4 Å². The van der Waals surface area contributed by atoms with Crippen LogP contribution >= 0.6 is 24.0 Å². The van der Waals surface area contributed by atoms with Crippen molar-refractivity contribution in [1.29, 1.82) is 0 Å². The molecule has 0 spiro atoms. The van der Waals surface area contributed by atoms with E-state index >= 15 is 0 Å². The molecule has 2 atom stereocenters. The molecule has 0 aromatic carbocycles. The normalized spacial score (nSPS) is 20.2. The van der Waals surface area contributed by atoms with Gasteiger partial charge in [0, 0.05) is 12.2 Å². The second-order valence-electron chi connectivity index (χ2n) is 3.39. The first-order valence-corrected chi connectivity index (χ1v) is 6.26. The summed E-state index contributed by atoms with van der Waals surface area (Å²) in [7, 11) is 0. The fraction of sp³-hybridized carbons (Fsp3) is 0.500. The lowest BCUT2D eigenvalue weighted by atomic mass is 10.1. The Bertz CT molecular complexity index is 309. The number of nitrogens with one attached hydrogen (secondary N) is 1. The first kappa shape index (κ1) is 13.2. The van der Waals surface area contributed by atoms with Crippen LogP contribution in [0.1, 0.15) is 19.8 Å². The molecule has 0 fully saturated rings. The highest BCUT2D eigenvalue weighted by molar-refractivity contribution is 8.03. The molecule has 88 valence electrons. The molecule has 1 aliphatic heterocycles. The number of thioether (sulfide) groups is 1. The molecule has 16 heavy (non-hydrogen) atoms. The molecule has 0 radical (unpaired) electrons. The Morgan fingerprint density at radius 3 is 3.00 bits per heavy atom. The molecule has 0 aromatic heterocycles. The van der Waals surface area contributed by atoms with Gasteiger partial charge in [-0.1, -0.05) is 6.08 Å². The van der Waals surface area contributed by atoms with Crippen molar-refractivity contribution in [2.24, 2.45) is 0 Å². The third kappa shape index (κ3) is 4.32. The van der Waals surface area contributed by atoms with Gasteiger partial charge in [-0.3, -0.25) is 4.79 Å². The predicted molar refractivity (Wildman–Crippen MR) is 67.1 cm³/mol. The third-order valence-electron chi connectivity index (χ3n) is 2.09. The molecule has 1 heterocycles. The average molecular weight is 259 g/mol. The summed E-state index contributed by atoms with van der Waals surface area (Å²) in [6.45, 7) is 1.37. The minimum absolute atomic E-state index is 0.248. The number of hydrogen-bond acceptors (Lipinski definition) is 5. The average Bonchev–Trinajstić information content (AvgIpc) is 2.69. The van der Waals surface area contributed by atoms with Gasteiger partial charge in [0.15, 0.2) is 5.55 Å². The number of carbonyl (C=O) groups is 2. The van der Waals surface area contributed by atoms with Gasteiger partial charge in [-0.2, -0.15) is 0 Å². The number of hydrogen-bond donors (Lipinski definition) is 1. The van der Waals surface area contributed by atoms with Gasteiger partial charge in [0.1, 0.15) is 6.04 Å². The van der Waals surface area contributed by atoms with E-state index in [1.807, 2.05) is 11.5 Å². The Labute approximate surface area is 104 Å². The maximum Gasteiger partial charge on any atom is 0.334 e. The summed E-state index contributed by atoms with van der Waals surface area (Å²) in [5.74, 6) is -0.750. The van der Waals surface area contributed by atoms with Gasteiger partial charge < -0.3 is 10.1 Å². The zero-order chi connectivity index (χ0) is 12.0. The van der Waals surface area contributed by atoms with Crippen LogP contribution in [0.25, 0.3) is 0 Å². The lowest BCUT2D eigenvalue weighted by Crippen LogP contribution is -2.42. The Hall–Kier alpha value is -0.880. The standard InChI is InChI=1S/C10H13NO3S2/c1-7(12)11-9(10(13)14-6-15)5-8-3-2-4-16-8/h2,4,6,8-9H,3,5H2,1H3,(H,11,12)/t8?,9-/m0/s1. The number of allylic oxidation sites excluding steroid dienone is 1. The molecule has 6 heteroatoms. The Balaban J connectivity index is 2.51. The Kier molecular flexibility index (Phi) is 5.48. The molecule has 0 aromatic rings. The van der Waals surface area contributed by atoms with Gasteiger partial charge in [-0.25, -0.2) is 4.79 Å². The van der Waals surface area contributed by atoms with E-state index in [2.05, 4.69) is 22.3 Å². The van der Waals surface area contributed by atoms with Crippen LogP contribution in [0.5, 0.6) is 0 Å². The number of thiocarbonyl (C=S) groups is 1. The summed E-state index contributed by atoms with van der Waals surface area (Å²) in [5.41, 5.74) is 0.914. The van der Waals surface area contributed by atoms with Crippen molar-refractivity contribution < 1.29 is 14.3 Å². The molecule has 0 aliphatic carbocycles. The van der Waals surface area contributed by atoms with Crippen molar-refractivity contribution in [2.45, 2.75) is 31.1 Å². The summed E-state index contributed by atoms with van der Waals surface area (Å²) in [6.07, 6.45) is 3.51. The number of amides is 1. The fourth-order valence-electron chi connectivity index (χ4n) is 1.43. The van der Waals surface area contributed by atoms with Gasteiger partial charge in [0.05, 0.1) is 0 Å². The van der Waals surface area contributed by atoms with E-state index in [1.165, 1.54) is 6.92 Å². The van der Waals surface area contributed by atoms with Crippen molar-refractivity contribution in [2.75, 3.05) is 0 Å². The van der Waals surface area contributed by atoms with Gasteiger partial charge >= 0.3 is 5.97 Å². The third-order valence-corrected chi connectivity index (χ3v) is 3.31. The van der Waals surface area contributed by atoms with Crippen LogP contribution in [0, 0.1) is 0 Å². The maximum absolute atomic E-state index is 11.5. The highest BCUT2D eigenvalue weighted by atomic mass is 32.2. The summed E-state index contributed by atoms with van der Waals surface area (Å²) in [4.78, 5) is 22.5. The molecule has 1 aliphatic rings. The van der Waals surface area contributed by atoms with Crippen LogP contribution in [0.3, 0.4) is 0 Å². The molecule has 0 saturated heterocycles. The Morgan fingerprint density at radius 1 is 1.75 bits per heavy atom. The van der Waals surface area contributed by atoms with Crippen LogP contribution in [0.4, 0.5) is 0 Å². The first-order valence-electron chi connectivity index (χ1n) is 4.85. The Morgan fingerprint density at radius 2 is 2.50 bits per heavy atom. The van der Waals surface area contributed by atoms with Crippen LogP contribution < -0.4 is 5.32 Å². The molecule has 4 nitrogen and oxygen atoms in total. The molecule has 1 N–H and O–H groups in total. The van der Waals surface area contributed by atoms with Crippen LogP contribution in [0.2, 0.25) is 0 Å². The zero-order valence-electron chi connectivity index (χ0n) is 8.84. The van der Waals surface area contributed by atoms with E-state index in [4.69, 9.17) is 0 Å². The van der Waals surface area contributed by atoms with Gasteiger partial charge in [0.2, 0.25) is 5.91 Å².